The lowest BCUT2D eigenvalue weighted by molar-refractivity contribution is -0.123. The monoisotopic (exact) mass is 405 g/mol. The predicted molar refractivity (Wildman–Crippen MR) is 117 cm³/mol. The zero-order chi connectivity index (χ0) is 21.1. The molecule has 1 aromatic carbocycles. The van der Waals surface area contributed by atoms with Gasteiger partial charge in [0, 0.05) is 31.3 Å². The van der Waals surface area contributed by atoms with Gasteiger partial charge in [-0.2, -0.15) is 0 Å². The molecule has 29 heavy (non-hydrogen) atoms. The Bertz CT molecular complexity index is 672. The molecule has 0 unspecified atom stereocenters. The maximum Gasteiger partial charge on any atom is 0.220 e. The summed E-state index contributed by atoms with van der Waals surface area (Å²) in [6, 6.07) is 5.73. The molecule has 1 aliphatic rings. The van der Waals surface area contributed by atoms with Gasteiger partial charge in [0.1, 0.15) is 0 Å². The highest BCUT2D eigenvalue weighted by atomic mass is 16.5. The molecule has 0 radical (unpaired) electrons. The Morgan fingerprint density at radius 2 is 2.03 bits per heavy atom. The van der Waals surface area contributed by atoms with E-state index in [1.807, 2.05) is 25.1 Å². The Morgan fingerprint density at radius 1 is 1.28 bits per heavy atom. The first-order valence-electron chi connectivity index (χ1n) is 10.4. The number of nitrogens with two attached hydrogens (primary N) is 1. The zero-order valence-electron chi connectivity index (χ0n) is 17.9. The molecule has 8 heteroatoms. The lowest BCUT2D eigenvalue weighted by atomic mass is 9.96. The zero-order valence-corrected chi connectivity index (χ0v) is 17.9. The number of carbonyl (C=O) groups excluding carboxylic acids is 1. The number of piperidine rings is 1. The van der Waals surface area contributed by atoms with Gasteiger partial charge in [0.2, 0.25) is 5.91 Å². The highest BCUT2D eigenvalue weighted by Gasteiger charge is 2.22. The van der Waals surface area contributed by atoms with Crippen LogP contribution in [0, 0.1) is 5.92 Å². The largest absolute Gasteiger partial charge is 0.493 e. The molecule has 0 aromatic heterocycles. The third-order valence-corrected chi connectivity index (χ3v) is 5.13. The van der Waals surface area contributed by atoms with Gasteiger partial charge in [-0.1, -0.05) is 0 Å². The molecule has 1 amide bonds. The van der Waals surface area contributed by atoms with Crippen molar-refractivity contribution in [2.45, 2.75) is 32.6 Å². The second kappa shape index (κ2) is 12.2. The molecule has 8 nitrogen and oxygen atoms in total. The predicted octanol–water partition coefficient (Wildman–Crippen LogP) is 2.06. The summed E-state index contributed by atoms with van der Waals surface area (Å²) in [7, 11) is 3.38. The number of amides is 1. The summed E-state index contributed by atoms with van der Waals surface area (Å²) in [5.74, 6) is 2.04. The first-order valence-corrected chi connectivity index (χ1v) is 10.4. The molecule has 162 valence electrons. The van der Waals surface area contributed by atoms with Crippen LogP contribution in [0.3, 0.4) is 0 Å². The number of anilines is 1. The van der Waals surface area contributed by atoms with E-state index in [-0.39, 0.29) is 11.8 Å². The van der Waals surface area contributed by atoms with Gasteiger partial charge in [-0.3, -0.25) is 9.79 Å². The van der Waals surface area contributed by atoms with Crippen molar-refractivity contribution in [2.24, 2.45) is 16.6 Å². The Kier molecular flexibility index (Phi) is 9.56. The van der Waals surface area contributed by atoms with Crippen molar-refractivity contribution in [3.05, 3.63) is 18.2 Å². The molecule has 0 saturated carbocycles. The highest BCUT2D eigenvalue weighted by Crippen LogP contribution is 2.30. The minimum Gasteiger partial charge on any atom is -0.493 e. The van der Waals surface area contributed by atoms with Crippen molar-refractivity contribution >= 4 is 17.6 Å². The molecule has 1 fully saturated rings. The molecule has 0 aliphatic carbocycles. The molecule has 1 heterocycles. The minimum absolute atomic E-state index is 0.0588. The van der Waals surface area contributed by atoms with Crippen LogP contribution in [-0.2, 0) is 4.79 Å². The average molecular weight is 406 g/mol. The van der Waals surface area contributed by atoms with Crippen molar-refractivity contribution in [3.8, 4) is 11.5 Å². The van der Waals surface area contributed by atoms with Crippen LogP contribution in [0.5, 0.6) is 11.5 Å². The second-order valence-corrected chi connectivity index (χ2v) is 7.15. The third kappa shape index (κ3) is 7.45. The van der Waals surface area contributed by atoms with E-state index in [2.05, 4.69) is 20.5 Å². The fourth-order valence-electron chi connectivity index (χ4n) is 3.44. The molecule has 1 saturated heterocycles. The van der Waals surface area contributed by atoms with Crippen molar-refractivity contribution in [2.75, 3.05) is 52.3 Å². The van der Waals surface area contributed by atoms with E-state index in [1.165, 1.54) is 0 Å². The first-order chi connectivity index (χ1) is 14.1. The van der Waals surface area contributed by atoms with Crippen LogP contribution in [0.4, 0.5) is 5.69 Å². The number of hydrogen-bond donors (Lipinski definition) is 3. The number of hydrogen-bond acceptors (Lipinski definition) is 5. The maximum absolute atomic E-state index is 11.2. The number of nitrogens with zero attached hydrogens (tertiary/aromatic N) is 2. The molecule has 0 atom stereocenters. The number of methoxy groups -OCH3 is 1. The van der Waals surface area contributed by atoms with Gasteiger partial charge in [-0.15, -0.1) is 0 Å². The van der Waals surface area contributed by atoms with Crippen LogP contribution in [-0.4, -0.2) is 63.7 Å². The van der Waals surface area contributed by atoms with Gasteiger partial charge < -0.3 is 30.7 Å². The van der Waals surface area contributed by atoms with E-state index >= 15 is 0 Å². The van der Waals surface area contributed by atoms with Crippen molar-refractivity contribution in [1.29, 1.82) is 0 Å². The van der Waals surface area contributed by atoms with Crippen molar-refractivity contribution in [1.82, 2.24) is 10.2 Å². The molecule has 4 N–H and O–H groups in total. The Balaban J connectivity index is 1.68. The Morgan fingerprint density at radius 3 is 2.66 bits per heavy atom. The summed E-state index contributed by atoms with van der Waals surface area (Å²) < 4.78 is 10.9. The topological polar surface area (TPSA) is 101 Å². The second-order valence-electron chi connectivity index (χ2n) is 7.15. The molecule has 2 rings (SSSR count). The SMILES string of the molecule is CCOc1ccc(NC(=NC)NCCCCN2CCC(C(N)=O)CC2)cc1OC. The van der Waals surface area contributed by atoms with Gasteiger partial charge in [0.15, 0.2) is 17.5 Å². The van der Waals surface area contributed by atoms with Gasteiger partial charge >= 0.3 is 0 Å². The quantitative estimate of drug-likeness (QED) is 0.313. The Labute approximate surface area is 173 Å². The summed E-state index contributed by atoms with van der Waals surface area (Å²) in [6.45, 7) is 6.35. The number of rotatable bonds is 10. The van der Waals surface area contributed by atoms with Crippen molar-refractivity contribution < 1.29 is 14.3 Å². The number of ether oxygens (including phenoxy) is 2. The molecule has 0 spiro atoms. The molecule has 1 aliphatic heterocycles. The number of guanidine groups is 1. The summed E-state index contributed by atoms with van der Waals surface area (Å²) in [5, 5.41) is 6.62. The number of primary amides is 1. The van der Waals surface area contributed by atoms with E-state index in [9.17, 15) is 4.79 Å². The van der Waals surface area contributed by atoms with Crippen LogP contribution < -0.4 is 25.8 Å². The van der Waals surface area contributed by atoms with Gasteiger partial charge in [0.25, 0.3) is 0 Å². The van der Waals surface area contributed by atoms with Crippen LogP contribution in [0.15, 0.2) is 23.2 Å². The summed E-state index contributed by atoms with van der Waals surface area (Å²) in [6.07, 6.45) is 3.91. The van der Waals surface area contributed by atoms with Gasteiger partial charge in [-0.05, 0) is 64.4 Å². The number of likely N-dealkylation sites (tertiary alicyclic amines) is 1. The molecular weight excluding hydrogens is 370 g/mol. The normalized spacial score (nSPS) is 15.8. The first kappa shape index (κ1) is 22.8. The Hall–Kier alpha value is -2.48. The van der Waals surface area contributed by atoms with Crippen LogP contribution in [0.1, 0.15) is 32.6 Å². The van der Waals surface area contributed by atoms with Crippen LogP contribution in [0.25, 0.3) is 0 Å². The van der Waals surface area contributed by atoms with E-state index in [0.717, 1.165) is 69.3 Å². The number of unbranched alkanes of at least 4 members (excludes halogenated alkanes) is 1. The lowest BCUT2D eigenvalue weighted by Gasteiger charge is -2.30. The smallest absolute Gasteiger partial charge is 0.220 e. The van der Waals surface area contributed by atoms with E-state index in [1.54, 1.807) is 14.2 Å². The van der Waals surface area contributed by atoms with Crippen LogP contribution >= 0.6 is 0 Å². The standard InChI is InChI=1S/C21H35N5O3/c1-4-29-18-8-7-17(15-19(18)28-3)25-21(23-2)24-11-5-6-12-26-13-9-16(10-14-26)20(22)27/h7-8,15-16H,4-6,9-14H2,1-3H3,(H2,22,27)(H2,23,24,25). The summed E-state index contributed by atoms with van der Waals surface area (Å²) >= 11 is 0. The fourth-order valence-corrected chi connectivity index (χ4v) is 3.44. The number of benzene rings is 1. The molecule has 1 aromatic rings. The third-order valence-electron chi connectivity index (χ3n) is 5.13. The number of aliphatic imine (C=N–C) groups is 1. The maximum atomic E-state index is 11.2. The molecular formula is C21H35N5O3. The molecule has 0 bridgehead atoms. The lowest BCUT2D eigenvalue weighted by Crippen LogP contribution is -2.39. The van der Waals surface area contributed by atoms with Crippen molar-refractivity contribution in [3.63, 3.8) is 0 Å². The van der Waals surface area contributed by atoms with E-state index < -0.39 is 0 Å². The fraction of sp³-hybridized carbons (Fsp3) is 0.619. The highest BCUT2D eigenvalue weighted by molar-refractivity contribution is 5.93. The van der Waals surface area contributed by atoms with Gasteiger partial charge in [-0.25, -0.2) is 0 Å². The number of carbonyl (C=O) groups is 1. The van der Waals surface area contributed by atoms with E-state index in [4.69, 9.17) is 15.2 Å². The van der Waals surface area contributed by atoms with Crippen LogP contribution in [0.2, 0.25) is 0 Å². The summed E-state index contributed by atoms with van der Waals surface area (Å²) in [5.41, 5.74) is 6.27. The summed E-state index contributed by atoms with van der Waals surface area (Å²) in [4.78, 5) is 17.9. The number of nitrogens with one attached hydrogen (secondary N) is 2. The van der Waals surface area contributed by atoms with E-state index in [0.29, 0.717) is 12.4 Å². The van der Waals surface area contributed by atoms with Gasteiger partial charge in [0.05, 0.1) is 13.7 Å². The average Bonchev–Trinajstić information content (AvgIpc) is 2.74. The minimum atomic E-state index is -0.155.